The van der Waals surface area contributed by atoms with Crippen molar-refractivity contribution in [3.05, 3.63) is 32.6 Å². The van der Waals surface area contributed by atoms with E-state index in [0.29, 0.717) is 0 Å². The molecule has 17 nitrogen and oxygen atoms in total. The van der Waals surface area contributed by atoms with Crippen LogP contribution in [0.25, 0.3) is 0 Å². The summed E-state index contributed by atoms with van der Waals surface area (Å²) in [7, 11) is -10.8. The lowest BCUT2D eigenvalue weighted by Gasteiger charge is -2.40. The number of aryl methyl sites for hydroxylation is 1. The van der Waals surface area contributed by atoms with E-state index in [2.05, 4.69) is 31.0 Å². The van der Waals surface area contributed by atoms with Crippen molar-refractivity contribution in [2.75, 3.05) is 13.2 Å². The van der Waals surface area contributed by atoms with Gasteiger partial charge >= 0.3 is 21.3 Å². The van der Waals surface area contributed by atoms with E-state index < -0.39 is 88.4 Å². The highest BCUT2D eigenvalue weighted by Gasteiger charge is 2.48. The third-order valence-electron chi connectivity index (χ3n) is 5.35. The van der Waals surface area contributed by atoms with E-state index in [1.54, 1.807) is 0 Å². The van der Waals surface area contributed by atoms with Gasteiger partial charge in [-0.05, 0) is 6.92 Å². The lowest BCUT2D eigenvalue weighted by atomic mass is 10.0. The summed E-state index contributed by atoms with van der Waals surface area (Å²) >= 11 is 3.91. The molecule has 4 unspecified atom stereocenters. The second-order valence-electron chi connectivity index (χ2n) is 8.03. The Balaban J connectivity index is 1.59. The van der Waals surface area contributed by atoms with Crippen LogP contribution in [-0.4, -0.2) is 95.0 Å². The van der Waals surface area contributed by atoms with Crippen LogP contribution in [-0.2, 0) is 32.0 Å². The predicted octanol–water partition coefficient (Wildman–Crippen LogP) is -2.52. The number of rotatable bonds is 9. The fourth-order valence-electron chi connectivity index (χ4n) is 3.46. The third kappa shape index (κ3) is 6.92. The van der Waals surface area contributed by atoms with Crippen molar-refractivity contribution < 1.29 is 62.2 Å². The minimum absolute atomic E-state index is 0.155. The van der Waals surface area contributed by atoms with Crippen molar-refractivity contribution in [1.29, 1.82) is 0 Å². The average molecular weight is 580 g/mol. The Morgan fingerprint density at radius 2 is 1.81 bits per heavy atom. The van der Waals surface area contributed by atoms with Crippen molar-refractivity contribution in [1.82, 2.24) is 9.55 Å². The number of ether oxygens (including phenoxy) is 2. The number of hydrogen-bond acceptors (Lipinski definition) is 14. The van der Waals surface area contributed by atoms with Gasteiger partial charge in [0.2, 0.25) is 0 Å². The van der Waals surface area contributed by atoms with E-state index in [4.69, 9.17) is 9.47 Å². The highest BCUT2D eigenvalue weighted by atomic mass is 32.1. The molecule has 3 rings (SSSR count). The van der Waals surface area contributed by atoms with Gasteiger partial charge in [0.15, 0.2) is 6.29 Å². The first-order chi connectivity index (χ1) is 16.6. The van der Waals surface area contributed by atoms with Gasteiger partial charge in [0, 0.05) is 18.2 Å². The lowest BCUT2D eigenvalue weighted by Crippen LogP contribution is -2.56. The van der Waals surface area contributed by atoms with Gasteiger partial charge in [-0.1, -0.05) is 0 Å². The van der Waals surface area contributed by atoms with Crippen LogP contribution >= 0.6 is 28.3 Å². The molecule has 0 bridgehead atoms. The van der Waals surface area contributed by atoms with Crippen LogP contribution in [0.15, 0.2) is 15.8 Å². The number of aliphatic hydroxyl groups is 4. The zero-order chi connectivity index (χ0) is 27.0. The van der Waals surface area contributed by atoms with Crippen LogP contribution in [0.3, 0.4) is 0 Å². The summed E-state index contributed by atoms with van der Waals surface area (Å²) in [6.45, 7) is -0.157. The van der Waals surface area contributed by atoms with Crippen molar-refractivity contribution in [3.63, 3.8) is 0 Å². The molecule has 0 amide bonds. The van der Waals surface area contributed by atoms with Gasteiger partial charge in [0.25, 0.3) is 5.56 Å². The monoisotopic (exact) mass is 580 g/mol. The molecule has 0 saturated carbocycles. The van der Waals surface area contributed by atoms with E-state index in [9.17, 15) is 48.9 Å². The van der Waals surface area contributed by atoms with Crippen molar-refractivity contribution >= 4 is 28.3 Å². The number of phosphoric ester groups is 2. The molecule has 36 heavy (non-hydrogen) atoms. The van der Waals surface area contributed by atoms with Gasteiger partial charge in [0.05, 0.1) is 30.7 Å². The number of nitrogens with one attached hydrogen (secondary N) is 1. The molecule has 2 aliphatic heterocycles. The van der Waals surface area contributed by atoms with Crippen molar-refractivity contribution in [3.8, 4) is 0 Å². The SMILES string of the molecule is Cc1cn([C@H]2C[C@@H](O)[C@@H](COP(=O)(O)OP(=O)(O)O[C@H]3OC(CO)[C@@H](O)[C@H](S)C3O)O2)c(=O)[nH]c1=O. The van der Waals surface area contributed by atoms with Gasteiger partial charge in [-0.2, -0.15) is 16.9 Å². The molecule has 20 heteroatoms. The molecule has 2 aliphatic rings. The van der Waals surface area contributed by atoms with Crippen LogP contribution in [0.5, 0.6) is 0 Å². The quantitative estimate of drug-likeness (QED) is 0.111. The summed E-state index contributed by atoms with van der Waals surface area (Å²) in [4.78, 5) is 45.3. The zero-order valence-corrected chi connectivity index (χ0v) is 21.1. The molecule has 10 atom stereocenters. The maximum atomic E-state index is 12.2. The van der Waals surface area contributed by atoms with E-state index in [1.807, 2.05) is 0 Å². The minimum atomic E-state index is -5.46. The Bertz CT molecular complexity index is 1140. The summed E-state index contributed by atoms with van der Waals surface area (Å²) in [5, 5.41) is 38.0. The fourth-order valence-corrected chi connectivity index (χ4v) is 5.95. The second-order valence-corrected chi connectivity index (χ2v) is 11.6. The molecule has 0 radical (unpaired) electrons. The number of aliphatic hydroxyl groups excluding tert-OH is 4. The zero-order valence-electron chi connectivity index (χ0n) is 18.5. The molecule has 0 aromatic carbocycles. The van der Waals surface area contributed by atoms with E-state index in [-0.39, 0.29) is 12.0 Å². The molecule has 0 spiro atoms. The first-order valence-electron chi connectivity index (χ1n) is 10.3. The normalized spacial score (nSPS) is 36.3. The van der Waals surface area contributed by atoms with Crippen LogP contribution in [0.1, 0.15) is 18.2 Å². The van der Waals surface area contributed by atoms with Gasteiger partial charge in [-0.25, -0.2) is 13.9 Å². The Kier molecular flexibility index (Phi) is 9.40. The summed E-state index contributed by atoms with van der Waals surface area (Å²) in [6.07, 6.45) is -9.18. The number of H-pyrrole nitrogens is 1. The Labute approximate surface area is 207 Å². The standard InChI is InChI=1S/C16H26N2O15P2S/c1-6-3-18(16(24)17-14(6)23)10-2-7(20)9(30-10)5-29-34(25,26)33-35(27,28)32-15-12(22)13(36)11(21)8(4-19)31-15/h3,7-13,15,19-22,36H,2,4-5H2,1H3,(H,25,26)(H,27,28)(H,17,23,24)/t7-,8?,9-,10-,11-,12?,13+,15-/m1/s1. The van der Waals surface area contributed by atoms with Gasteiger partial charge < -0.3 is 39.7 Å². The Morgan fingerprint density at radius 1 is 1.14 bits per heavy atom. The van der Waals surface area contributed by atoms with Crippen LogP contribution < -0.4 is 11.2 Å². The van der Waals surface area contributed by atoms with E-state index in [1.165, 1.54) is 13.1 Å². The predicted molar refractivity (Wildman–Crippen MR) is 119 cm³/mol. The first-order valence-corrected chi connectivity index (χ1v) is 13.8. The van der Waals surface area contributed by atoms with Gasteiger partial charge in [0.1, 0.15) is 24.5 Å². The van der Waals surface area contributed by atoms with Gasteiger partial charge in [-0.15, -0.1) is 0 Å². The average Bonchev–Trinajstić information content (AvgIpc) is 3.14. The third-order valence-corrected chi connectivity index (χ3v) is 8.57. The molecule has 2 fully saturated rings. The number of thiol groups is 1. The molecular formula is C16H26N2O15P2S. The Hall–Kier alpha value is -0.950. The highest BCUT2D eigenvalue weighted by Crippen LogP contribution is 2.61. The minimum Gasteiger partial charge on any atom is -0.394 e. The number of aromatic amines is 1. The molecular weight excluding hydrogens is 554 g/mol. The summed E-state index contributed by atoms with van der Waals surface area (Å²) in [5.74, 6) is 0. The molecule has 0 aliphatic carbocycles. The van der Waals surface area contributed by atoms with Crippen molar-refractivity contribution in [2.45, 2.75) is 61.6 Å². The van der Waals surface area contributed by atoms with E-state index in [0.717, 1.165) is 4.57 Å². The Morgan fingerprint density at radius 3 is 2.44 bits per heavy atom. The topological polar surface area (TPSA) is 257 Å². The van der Waals surface area contributed by atoms with Crippen molar-refractivity contribution in [2.24, 2.45) is 0 Å². The molecule has 2 saturated heterocycles. The molecule has 3 heterocycles. The lowest BCUT2D eigenvalue weighted by molar-refractivity contribution is -0.241. The highest BCUT2D eigenvalue weighted by molar-refractivity contribution is 7.81. The molecule has 7 N–H and O–H groups in total. The summed E-state index contributed by atoms with van der Waals surface area (Å²) in [5.41, 5.74) is -1.23. The largest absolute Gasteiger partial charge is 0.483 e. The second kappa shape index (κ2) is 11.4. The summed E-state index contributed by atoms with van der Waals surface area (Å²) < 4.78 is 49.2. The smallest absolute Gasteiger partial charge is 0.394 e. The maximum Gasteiger partial charge on any atom is 0.483 e. The molecule has 1 aromatic heterocycles. The number of aromatic nitrogens is 2. The molecule has 1 aromatic rings. The molecule has 206 valence electrons. The van der Waals surface area contributed by atoms with Crippen LogP contribution in [0, 0.1) is 6.92 Å². The van der Waals surface area contributed by atoms with Crippen LogP contribution in [0.4, 0.5) is 0 Å². The first kappa shape index (κ1) is 29.6. The van der Waals surface area contributed by atoms with E-state index >= 15 is 0 Å². The number of hydrogen-bond donors (Lipinski definition) is 8. The fraction of sp³-hybridized carbons (Fsp3) is 0.750. The number of nitrogens with zero attached hydrogens (tertiary/aromatic N) is 1. The van der Waals surface area contributed by atoms with Gasteiger partial charge in [-0.3, -0.25) is 23.4 Å². The maximum absolute atomic E-state index is 12.2. The van der Waals surface area contributed by atoms with Crippen LogP contribution in [0.2, 0.25) is 0 Å². The summed E-state index contributed by atoms with van der Waals surface area (Å²) in [6, 6.07) is 0. The number of phosphoric acid groups is 2.